The van der Waals surface area contributed by atoms with E-state index in [-0.39, 0.29) is 18.2 Å². The van der Waals surface area contributed by atoms with E-state index in [1.165, 1.54) is 7.11 Å². The Morgan fingerprint density at radius 3 is 2.56 bits per heavy atom. The number of hydroxylamine groups is 1. The summed E-state index contributed by atoms with van der Waals surface area (Å²) in [4.78, 5) is 4.35. The topological polar surface area (TPSA) is 39.7 Å². The lowest BCUT2D eigenvalue weighted by Crippen LogP contribution is -2.60. The van der Waals surface area contributed by atoms with Crippen LogP contribution < -0.4 is 5.48 Å². The Labute approximate surface area is 92.0 Å². The molecule has 1 N–H and O–H groups in total. The Morgan fingerprint density at radius 1 is 1.38 bits per heavy atom. The van der Waals surface area contributed by atoms with Crippen LogP contribution in [-0.4, -0.2) is 44.7 Å². The summed E-state index contributed by atoms with van der Waals surface area (Å²) in [5.41, 5.74) is 2.34. The predicted molar refractivity (Wildman–Crippen MR) is 49.8 cm³/mol. The Morgan fingerprint density at radius 2 is 2.06 bits per heavy atom. The Kier molecular flexibility index (Phi) is 4.97. The molecule has 0 spiro atoms. The van der Waals surface area contributed by atoms with E-state index in [1.807, 2.05) is 6.92 Å². The van der Waals surface area contributed by atoms with Crippen molar-refractivity contribution in [3.05, 3.63) is 0 Å². The summed E-state index contributed by atoms with van der Waals surface area (Å²) in [6, 6.07) is -0.246. The number of ether oxygens (including phenoxy) is 2. The minimum Gasteiger partial charge on any atom is -0.377 e. The Balaban J connectivity index is 2.19. The second-order valence-corrected chi connectivity index (χ2v) is 3.56. The third-order valence-corrected chi connectivity index (χ3v) is 2.37. The van der Waals surface area contributed by atoms with Crippen molar-refractivity contribution >= 4 is 0 Å². The van der Waals surface area contributed by atoms with E-state index in [1.54, 1.807) is 0 Å². The van der Waals surface area contributed by atoms with Gasteiger partial charge in [-0.15, -0.1) is 0 Å². The van der Waals surface area contributed by atoms with Gasteiger partial charge in [0.05, 0.1) is 12.1 Å². The average Bonchev–Trinajstić information content (AvgIpc) is 2.14. The van der Waals surface area contributed by atoms with Gasteiger partial charge in [-0.1, -0.05) is 0 Å². The molecular weight excluding hydrogens is 227 g/mol. The van der Waals surface area contributed by atoms with Crippen molar-refractivity contribution in [2.45, 2.75) is 37.8 Å². The molecule has 0 aromatic heterocycles. The van der Waals surface area contributed by atoms with Crippen LogP contribution in [0, 0.1) is 0 Å². The molecule has 0 saturated heterocycles. The molecule has 3 atom stereocenters. The minimum absolute atomic E-state index is 0.0676. The highest BCUT2D eigenvalue weighted by atomic mass is 19.4. The van der Waals surface area contributed by atoms with Gasteiger partial charge >= 0.3 is 6.18 Å². The van der Waals surface area contributed by atoms with E-state index in [9.17, 15) is 13.2 Å². The highest BCUT2D eigenvalue weighted by molar-refractivity contribution is 4.95. The van der Waals surface area contributed by atoms with Gasteiger partial charge in [-0.3, -0.25) is 4.84 Å². The van der Waals surface area contributed by atoms with Gasteiger partial charge in [-0.05, 0) is 13.3 Å². The smallest absolute Gasteiger partial charge is 0.377 e. The van der Waals surface area contributed by atoms with Crippen molar-refractivity contribution in [1.29, 1.82) is 0 Å². The van der Waals surface area contributed by atoms with Crippen molar-refractivity contribution in [3.63, 3.8) is 0 Å². The zero-order valence-corrected chi connectivity index (χ0v) is 9.21. The molecule has 7 heteroatoms. The van der Waals surface area contributed by atoms with Gasteiger partial charge in [0.15, 0.2) is 6.61 Å². The van der Waals surface area contributed by atoms with E-state index in [4.69, 9.17) is 9.47 Å². The number of hydrogen-bond acceptors (Lipinski definition) is 4. The molecular formula is C9H16F3NO3. The van der Waals surface area contributed by atoms with Crippen molar-refractivity contribution in [3.8, 4) is 0 Å². The molecule has 4 nitrogen and oxygen atoms in total. The Bertz CT molecular complexity index is 213. The quantitative estimate of drug-likeness (QED) is 0.713. The first kappa shape index (κ1) is 13.7. The summed E-state index contributed by atoms with van der Waals surface area (Å²) in [6.07, 6.45) is -4.06. The molecule has 1 fully saturated rings. The zero-order chi connectivity index (χ0) is 12.2. The second kappa shape index (κ2) is 5.81. The average molecular weight is 243 g/mol. The van der Waals surface area contributed by atoms with Gasteiger partial charge in [-0.25, -0.2) is 0 Å². The molecule has 1 aliphatic rings. The summed E-state index contributed by atoms with van der Waals surface area (Å²) in [5.74, 6) is 0. The highest BCUT2D eigenvalue weighted by Crippen LogP contribution is 2.27. The molecule has 0 amide bonds. The number of alkyl halides is 3. The predicted octanol–water partition coefficient (Wildman–Crippen LogP) is 1.26. The number of hydrogen-bond donors (Lipinski definition) is 1. The number of rotatable bonds is 6. The standard InChI is InChI=1S/C9H16F3NO3/c1-3-15-7-4-6(8(7)14-2)13-16-5-9(10,11)12/h6-8,13H,3-5H2,1-2H3. The monoisotopic (exact) mass is 243 g/mol. The van der Waals surface area contributed by atoms with E-state index in [0.717, 1.165) is 0 Å². The zero-order valence-electron chi connectivity index (χ0n) is 9.21. The number of methoxy groups -OCH3 is 1. The summed E-state index contributed by atoms with van der Waals surface area (Å²) in [7, 11) is 1.49. The summed E-state index contributed by atoms with van der Waals surface area (Å²) in [6.45, 7) is 1.10. The molecule has 0 aromatic carbocycles. The van der Waals surface area contributed by atoms with Gasteiger partial charge in [0.25, 0.3) is 0 Å². The lowest BCUT2D eigenvalue weighted by atomic mass is 9.86. The van der Waals surface area contributed by atoms with Crippen LogP contribution in [0.5, 0.6) is 0 Å². The fraction of sp³-hybridized carbons (Fsp3) is 1.00. The molecule has 3 unspecified atom stereocenters. The lowest BCUT2D eigenvalue weighted by Gasteiger charge is -2.42. The van der Waals surface area contributed by atoms with Crippen molar-refractivity contribution < 1.29 is 27.5 Å². The number of halogens is 3. The van der Waals surface area contributed by atoms with Crippen molar-refractivity contribution in [2.24, 2.45) is 0 Å². The van der Waals surface area contributed by atoms with Gasteiger partial charge in [0.1, 0.15) is 6.10 Å². The van der Waals surface area contributed by atoms with E-state index in [0.29, 0.717) is 13.0 Å². The molecule has 1 rings (SSSR count). The van der Waals surface area contributed by atoms with Crippen LogP contribution >= 0.6 is 0 Å². The molecule has 1 aliphatic carbocycles. The third-order valence-electron chi connectivity index (χ3n) is 2.37. The van der Waals surface area contributed by atoms with Gasteiger partial charge in [0, 0.05) is 13.7 Å². The molecule has 0 radical (unpaired) electrons. The minimum atomic E-state index is -4.32. The fourth-order valence-corrected chi connectivity index (χ4v) is 1.62. The molecule has 96 valence electrons. The first-order valence-electron chi connectivity index (χ1n) is 5.06. The van der Waals surface area contributed by atoms with Crippen LogP contribution in [0.3, 0.4) is 0 Å². The maximum Gasteiger partial charge on any atom is 0.413 e. The highest BCUT2D eigenvalue weighted by Gasteiger charge is 2.43. The molecule has 0 aromatic rings. The molecule has 1 saturated carbocycles. The van der Waals surface area contributed by atoms with Gasteiger partial charge in [-0.2, -0.15) is 18.7 Å². The summed E-state index contributed by atoms with van der Waals surface area (Å²) in [5, 5.41) is 0. The normalized spacial score (nSPS) is 30.2. The molecule has 0 heterocycles. The van der Waals surface area contributed by atoms with Gasteiger partial charge in [0.2, 0.25) is 0 Å². The fourth-order valence-electron chi connectivity index (χ4n) is 1.62. The molecule has 0 aliphatic heterocycles. The largest absolute Gasteiger partial charge is 0.413 e. The summed E-state index contributed by atoms with van der Waals surface area (Å²) >= 11 is 0. The van der Waals surface area contributed by atoms with Crippen LogP contribution in [0.2, 0.25) is 0 Å². The Hall–Kier alpha value is -0.370. The van der Waals surface area contributed by atoms with Crippen LogP contribution in [0.15, 0.2) is 0 Å². The van der Waals surface area contributed by atoms with Crippen LogP contribution in [0.4, 0.5) is 13.2 Å². The van der Waals surface area contributed by atoms with Crippen LogP contribution in [0.1, 0.15) is 13.3 Å². The van der Waals surface area contributed by atoms with Crippen molar-refractivity contribution in [2.75, 3.05) is 20.3 Å². The second-order valence-electron chi connectivity index (χ2n) is 3.56. The maximum absolute atomic E-state index is 11.8. The lowest BCUT2D eigenvalue weighted by molar-refractivity contribution is -0.214. The van der Waals surface area contributed by atoms with Crippen LogP contribution in [-0.2, 0) is 14.3 Å². The van der Waals surface area contributed by atoms with E-state index >= 15 is 0 Å². The van der Waals surface area contributed by atoms with Crippen molar-refractivity contribution in [1.82, 2.24) is 5.48 Å². The summed E-state index contributed by atoms with van der Waals surface area (Å²) < 4.78 is 45.8. The maximum atomic E-state index is 11.8. The van der Waals surface area contributed by atoms with Crippen LogP contribution in [0.25, 0.3) is 0 Å². The molecule has 16 heavy (non-hydrogen) atoms. The molecule has 0 bridgehead atoms. The third kappa shape index (κ3) is 3.89. The number of nitrogens with one attached hydrogen (secondary N) is 1. The van der Waals surface area contributed by atoms with Gasteiger partial charge < -0.3 is 9.47 Å². The first-order valence-corrected chi connectivity index (χ1v) is 5.06. The van der Waals surface area contributed by atoms with E-state index in [2.05, 4.69) is 10.3 Å². The van der Waals surface area contributed by atoms with E-state index < -0.39 is 12.8 Å². The first-order chi connectivity index (χ1) is 7.48. The SMILES string of the molecule is CCOC1CC(NOCC(F)(F)F)C1OC.